The summed E-state index contributed by atoms with van der Waals surface area (Å²) in [4.78, 5) is 25.4. The Bertz CT molecular complexity index is 1360. The maximum Gasteiger partial charge on any atom is 0.344 e. The summed E-state index contributed by atoms with van der Waals surface area (Å²) in [5.74, 6) is 0.577. The highest BCUT2D eigenvalue weighted by molar-refractivity contribution is 6.32. The van der Waals surface area contributed by atoms with Crippen molar-refractivity contribution >= 4 is 34.2 Å². The zero-order valence-corrected chi connectivity index (χ0v) is 18.2. The lowest BCUT2D eigenvalue weighted by atomic mass is 10.0. The number of carbonyl (C=O) groups is 1. The van der Waals surface area contributed by atoms with Crippen molar-refractivity contribution in [2.75, 3.05) is 19.0 Å². The SMILES string of the molecule is CCOc1ccc(C(=O)Nc2cc(-c3cc4ccccc4oc3=O)ccc2OC)cc1Cl. The first-order chi connectivity index (χ1) is 15.5. The average molecular weight is 450 g/mol. The van der Waals surface area contributed by atoms with Crippen LogP contribution in [0.15, 0.2) is 75.9 Å². The Morgan fingerprint density at radius 2 is 1.81 bits per heavy atom. The lowest BCUT2D eigenvalue weighted by molar-refractivity contribution is 0.102. The molecule has 0 atom stereocenters. The number of halogens is 1. The Morgan fingerprint density at radius 3 is 2.56 bits per heavy atom. The van der Waals surface area contributed by atoms with E-state index in [2.05, 4.69) is 5.32 Å². The molecule has 4 aromatic rings. The van der Waals surface area contributed by atoms with Crippen LogP contribution in [0, 0.1) is 0 Å². The zero-order chi connectivity index (χ0) is 22.7. The molecule has 0 spiro atoms. The van der Waals surface area contributed by atoms with Gasteiger partial charge in [-0.2, -0.15) is 0 Å². The number of amides is 1. The van der Waals surface area contributed by atoms with Crippen molar-refractivity contribution in [1.29, 1.82) is 0 Å². The van der Waals surface area contributed by atoms with E-state index in [1.165, 1.54) is 13.2 Å². The van der Waals surface area contributed by atoms with Crippen LogP contribution < -0.4 is 20.4 Å². The molecule has 162 valence electrons. The highest BCUT2D eigenvalue weighted by atomic mass is 35.5. The van der Waals surface area contributed by atoms with E-state index in [0.29, 0.717) is 51.1 Å². The third-order valence-electron chi connectivity index (χ3n) is 4.89. The summed E-state index contributed by atoms with van der Waals surface area (Å²) in [6.45, 7) is 2.32. The first-order valence-corrected chi connectivity index (χ1v) is 10.3. The summed E-state index contributed by atoms with van der Waals surface area (Å²) >= 11 is 6.21. The normalized spacial score (nSPS) is 10.7. The molecule has 0 aliphatic carbocycles. The van der Waals surface area contributed by atoms with Crippen molar-refractivity contribution < 1.29 is 18.7 Å². The molecule has 0 fully saturated rings. The molecule has 3 aromatic carbocycles. The number of hydrogen-bond donors (Lipinski definition) is 1. The third kappa shape index (κ3) is 4.31. The quantitative estimate of drug-likeness (QED) is 0.378. The zero-order valence-electron chi connectivity index (χ0n) is 17.5. The Balaban J connectivity index is 1.69. The van der Waals surface area contributed by atoms with Crippen molar-refractivity contribution in [3.05, 3.63) is 87.7 Å². The summed E-state index contributed by atoms with van der Waals surface area (Å²) in [7, 11) is 1.50. The molecular formula is C25H20ClNO5. The summed E-state index contributed by atoms with van der Waals surface area (Å²) in [6, 6.07) is 19.0. The molecule has 0 saturated carbocycles. The van der Waals surface area contributed by atoms with Gasteiger partial charge in [-0.3, -0.25) is 4.79 Å². The van der Waals surface area contributed by atoms with Gasteiger partial charge in [-0.1, -0.05) is 35.9 Å². The van der Waals surface area contributed by atoms with Gasteiger partial charge in [0, 0.05) is 10.9 Å². The molecule has 4 rings (SSSR count). The molecule has 1 amide bonds. The number of hydrogen-bond acceptors (Lipinski definition) is 5. The van der Waals surface area contributed by atoms with Crippen LogP contribution in [0.1, 0.15) is 17.3 Å². The predicted octanol–water partition coefficient (Wildman–Crippen LogP) is 5.77. The lowest BCUT2D eigenvalue weighted by Crippen LogP contribution is -2.13. The Labute approximate surface area is 189 Å². The summed E-state index contributed by atoms with van der Waals surface area (Å²) in [5, 5.41) is 3.97. The highest BCUT2D eigenvalue weighted by Gasteiger charge is 2.15. The Hall–Kier alpha value is -3.77. The van der Waals surface area contributed by atoms with E-state index in [0.717, 1.165) is 5.39 Å². The fourth-order valence-corrected chi connectivity index (χ4v) is 3.58. The predicted molar refractivity (Wildman–Crippen MR) is 125 cm³/mol. The molecule has 0 unspecified atom stereocenters. The molecule has 7 heteroatoms. The lowest BCUT2D eigenvalue weighted by Gasteiger charge is -2.13. The van der Waals surface area contributed by atoms with Crippen LogP contribution in [0.5, 0.6) is 11.5 Å². The summed E-state index contributed by atoms with van der Waals surface area (Å²) in [6.07, 6.45) is 0. The minimum Gasteiger partial charge on any atom is -0.495 e. The Morgan fingerprint density at radius 1 is 1.03 bits per heavy atom. The number of rotatable bonds is 6. The van der Waals surface area contributed by atoms with E-state index in [1.54, 1.807) is 48.5 Å². The van der Waals surface area contributed by atoms with Gasteiger partial charge in [-0.25, -0.2) is 4.79 Å². The fraction of sp³-hybridized carbons (Fsp3) is 0.120. The molecular weight excluding hydrogens is 430 g/mol. The van der Waals surface area contributed by atoms with E-state index in [4.69, 9.17) is 25.5 Å². The van der Waals surface area contributed by atoms with E-state index in [-0.39, 0.29) is 5.91 Å². The van der Waals surface area contributed by atoms with Crippen LogP contribution in [0.25, 0.3) is 22.1 Å². The number of nitrogens with one attached hydrogen (secondary N) is 1. The van der Waals surface area contributed by atoms with Crippen LogP contribution in [-0.2, 0) is 0 Å². The second kappa shape index (κ2) is 9.16. The maximum absolute atomic E-state index is 12.8. The van der Waals surface area contributed by atoms with E-state index in [9.17, 15) is 9.59 Å². The molecule has 1 heterocycles. The molecule has 0 saturated heterocycles. The monoisotopic (exact) mass is 449 g/mol. The first-order valence-electron chi connectivity index (χ1n) is 9.95. The first kappa shape index (κ1) is 21.5. The maximum atomic E-state index is 12.8. The number of ether oxygens (including phenoxy) is 2. The Kier molecular flexibility index (Phi) is 6.14. The molecule has 0 radical (unpaired) electrons. The number of fused-ring (bicyclic) bond motifs is 1. The topological polar surface area (TPSA) is 77.8 Å². The van der Waals surface area contributed by atoms with Crippen LogP contribution in [0.4, 0.5) is 5.69 Å². The molecule has 1 N–H and O–H groups in total. The van der Waals surface area contributed by atoms with Gasteiger partial charge in [0.1, 0.15) is 17.1 Å². The summed E-state index contributed by atoms with van der Waals surface area (Å²) in [5.41, 5.74) is 1.78. The number of benzene rings is 3. The summed E-state index contributed by atoms with van der Waals surface area (Å²) < 4.78 is 16.2. The van der Waals surface area contributed by atoms with Gasteiger partial charge >= 0.3 is 5.63 Å². The van der Waals surface area contributed by atoms with Crippen molar-refractivity contribution in [2.24, 2.45) is 0 Å². The van der Waals surface area contributed by atoms with E-state index < -0.39 is 5.63 Å². The van der Waals surface area contributed by atoms with Crippen LogP contribution >= 0.6 is 11.6 Å². The molecule has 1 aromatic heterocycles. The van der Waals surface area contributed by atoms with Gasteiger partial charge < -0.3 is 19.2 Å². The van der Waals surface area contributed by atoms with Crippen LogP contribution in [0.3, 0.4) is 0 Å². The van der Waals surface area contributed by atoms with Crippen molar-refractivity contribution in [3.8, 4) is 22.6 Å². The van der Waals surface area contributed by atoms with E-state index >= 15 is 0 Å². The largest absolute Gasteiger partial charge is 0.495 e. The van der Waals surface area contributed by atoms with Gasteiger partial charge in [0.15, 0.2) is 0 Å². The molecule has 0 aliphatic heterocycles. The number of methoxy groups -OCH3 is 1. The van der Waals surface area contributed by atoms with E-state index in [1.807, 2.05) is 19.1 Å². The third-order valence-corrected chi connectivity index (χ3v) is 5.19. The van der Waals surface area contributed by atoms with Gasteiger partial charge in [-0.05, 0) is 55.0 Å². The number of para-hydroxylation sites is 1. The van der Waals surface area contributed by atoms with Gasteiger partial charge in [0.05, 0.1) is 30.0 Å². The minimum absolute atomic E-state index is 0.342. The van der Waals surface area contributed by atoms with Gasteiger partial charge in [-0.15, -0.1) is 0 Å². The second-order valence-electron chi connectivity index (χ2n) is 6.93. The fourth-order valence-electron chi connectivity index (χ4n) is 3.35. The van der Waals surface area contributed by atoms with Crippen molar-refractivity contribution in [2.45, 2.75) is 6.92 Å². The molecule has 0 bridgehead atoms. The van der Waals surface area contributed by atoms with Gasteiger partial charge in [0.25, 0.3) is 5.91 Å². The van der Waals surface area contributed by atoms with Gasteiger partial charge in [0.2, 0.25) is 0 Å². The van der Waals surface area contributed by atoms with Crippen LogP contribution in [-0.4, -0.2) is 19.6 Å². The van der Waals surface area contributed by atoms with Crippen LogP contribution in [0.2, 0.25) is 5.02 Å². The minimum atomic E-state index is -0.468. The van der Waals surface area contributed by atoms with Crippen molar-refractivity contribution in [3.63, 3.8) is 0 Å². The second-order valence-corrected chi connectivity index (χ2v) is 7.34. The molecule has 32 heavy (non-hydrogen) atoms. The molecule has 0 aliphatic rings. The van der Waals surface area contributed by atoms with Crippen molar-refractivity contribution in [1.82, 2.24) is 0 Å². The number of anilines is 1. The standard InChI is InChI=1S/C25H20ClNO5/c1-3-31-22-10-9-17(13-19(22)26)24(28)27-20-14-15(8-11-23(20)30-2)18-12-16-6-4-5-7-21(16)32-25(18)29/h4-14H,3H2,1-2H3,(H,27,28). The average Bonchev–Trinajstić information content (AvgIpc) is 2.80. The molecule has 6 nitrogen and oxygen atoms in total. The number of carbonyl (C=O) groups excluding carboxylic acids is 1. The highest BCUT2D eigenvalue weighted by Crippen LogP contribution is 2.32. The smallest absolute Gasteiger partial charge is 0.344 e.